The van der Waals surface area contributed by atoms with Crippen molar-refractivity contribution in [3.63, 3.8) is 0 Å². The zero-order valence-electron chi connectivity index (χ0n) is 14.4. The predicted octanol–water partition coefficient (Wildman–Crippen LogP) is 1.88. The number of rotatable bonds is 8. The number of nitrogens with two attached hydrogens (primary N) is 2. The molecule has 0 fully saturated rings. The number of nitrogen functional groups attached to an aromatic ring is 1. The van der Waals surface area contributed by atoms with E-state index in [1.54, 1.807) is 4.68 Å². The van der Waals surface area contributed by atoms with Crippen LogP contribution in [-0.4, -0.2) is 28.3 Å². The SMILES string of the molecule is CCC(C)C(N)C(=O)NCCCc1cc(N)n(-c2ccccc2)n1. The summed E-state index contributed by atoms with van der Waals surface area (Å²) in [6.07, 6.45) is 2.44. The summed E-state index contributed by atoms with van der Waals surface area (Å²) in [6, 6.07) is 11.2. The smallest absolute Gasteiger partial charge is 0.237 e. The molecule has 1 aromatic carbocycles. The number of para-hydroxylation sites is 1. The summed E-state index contributed by atoms with van der Waals surface area (Å²) >= 11 is 0. The molecular formula is C18H27N5O. The van der Waals surface area contributed by atoms with E-state index in [-0.39, 0.29) is 11.8 Å². The van der Waals surface area contributed by atoms with Crippen molar-refractivity contribution in [1.82, 2.24) is 15.1 Å². The van der Waals surface area contributed by atoms with E-state index in [0.717, 1.165) is 30.6 Å². The standard InChI is InChI=1S/C18H27N5O/c1-3-13(2)17(20)18(24)21-11-7-8-14-12-16(19)23(22-14)15-9-5-4-6-10-15/h4-6,9-10,12-13,17H,3,7-8,11,19-20H2,1-2H3,(H,21,24). The molecule has 2 rings (SSSR count). The zero-order valence-corrected chi connectivity index (χ0v) is 14.4. The van der Waals surface area contributed by atoms with Gasteiger partial charge in [0.15, 0.2) is 0 Å². The van der Waals surface area contributed by atoms with Gasteiger partial charge in [0.25, 0.3) is 0 Å². The lowest BCUT2D eigenvalue weighted by Gasteiger charge is -2.17. The van der Waals surface area contributed by atoms with Crippen LogP contribution in [0.5, 0.6) is 0 Å². The van der Waals surface area contributed by atoms with Gasteiger partial charge in [0.05, 0.1) is 17.4 Å². The Balaban J connectivity index is 1.82. The zero-order chi connectivity index (χ0) is 17.5. The first kappa shape index (κ1) is 18.0. The van der Waals surface area contributed by atoms with Crippen LogP contribution in [0.15, 0.2) is 36.4 Å². The van der Waals surface area contributed by atoms with E-state index in [1.165, 1.54) is 0 Å². The lowest BCUT2D eigenvalue weighted by molar-refractivity contribution is -0.123. The fraction of sp³-hybridized carbons (Fsp3) is 0.444. The summed E-state index contributed by atoms with van der Waals surface area (Å²) in [5.41, 5.74) is 13.8. The number of nitrogens with one attached hydrogen (secondary N) is 1. The van der Waals surface area contributed by atoms with Gasteiger partial charge in [-0.25, -0.2) is 4.68 Å². The van der Waals surface area contributed by atoms with Crippen LogP contribution >= 0.6 is 0 Å². The first-order chi connectivity index (χ1) is 11.5. The first-order valence-corrected chi connectivity index (χ1v) is 8.46. The fourth-order valence-corrected chi connectivity index (χ4v) is 2.46. The minimum absolute atomic E-state index is 0.0846. The Morgan fingerprint density at radius 2 is 2.04 bits per heavy atom. The van der Waals surface area contributed by atoms with Crippen LogP contribution in [0.1, 0.15) is 32.4 Å². The van der Waals surface area contributed by atoms with Crippen molar-refractivity contribution in [3.8, 4) is 5.69 Å². The van der Waals surface area contributed by atoms with Gasteiger partial charge in [-0.05, 0) is 30.9 Å². The molecule has 2 aromatic rings. The van der Waals surface area contributed by atoms with Gasteiger partial charge in [0.1, 0.15) is 5.82 Å². The number of hydrogen-bond acceptors (Lipinski definition) is 4. The molecule has 0 saturated heterocycles. The third kappa shape index (κ3) is 4.58. The number of carbonyl (C=O) groups is 1. The van der Waals surface area contributed by atoms with Crippen molar-refractivity contribution in [3.05, 3.63) is 42.1 Å². The maximum atomic E-state index is 11.9. The van der Waals surface area contributed by atoms with Crippen molar-refractivity contribution in [2.24, 2.45) is 11.7 Å². The van der Waals surface area contributed by atoms with E-state index in [9.17, 15) is 4.79 Å². The average molecular weight is 329 g/mol. The van der Waals surface area contributed by atoms with Crippen LogP contribution in [0.3, 0.4) is 0 Å². The molecule has 0 radical (unpaired) electrons. The van der Waals surface area contributed by atoms with E-state index < -0.39 is 6.04 Å². The Morgan fingerprint density at radius 3 is 2.71 bits per heavy atom. The maximum absolute atomic E-state index is 11.9. The molecule has 2 atom stereocenters. The van der Waals surface area contributed by atoms with Crippen molar-refractivity contribution < 1.29 is 4.79 Å². The molecule has 0 aliphatic carbocycles. The molecule has 6 nitrogen and oxygen atoms in total. The lowest BCUT2D eigenvalue weighted by atomic mass is 9.99. The Bertz CT molecular complexity index is 653. The van der Waals surface area contributed by atoms with E-state index in [4.69, 9.17) is 11.5 Å². The highest BCUT2D eigenvalue weighted by Crippen LogP contribution is 2.15. The normalized spacial score (nSPS) is 13.5. The van der Waals surface area contributed by atoms with Gasteiger partial charge in [0, 0.05) is 12.6 Å². The summed E-state index contributed by atoms with van der Waals surface area (Å²) in [5, 5.41) is 7.42. The molecule has 24 heavy (non-hydrogen) atoms. The third-order valence-corrected chi connectivity index (χ3v) is 4.26. The first-order valence-electron chi connectivity index (χ1n) is 8.46. The number of hydrogen-bond donors (Lipinski definition) is 3. The van der Waals surface area contributed by atoms with E-state index in [0.29, 0.717) is 12.4 Å². The van der Waals surface area contributed by atoms with Crippen LogP contribution in [0.25, 0.3) is 5.69 Å². The van der Waals surface area contributed by atoms with E-state index >= 15 is 0 Å². The summed E-state index contributed by atoms with van der Waals surface area (Å²) in [4.78, 5) is 11.9. The molecular weight excluding hydrogens is 302 g/mol. The average Bonchev–Trinajstić information content (AvgIpc) is 2.98. The van der Waals surface area contributed by atoms with Crippen LogP contribution in [-0.2, 0) is 11.2 Å². The highest BCUT2D eigenvalue weighted by Gasteiger charge is 2.18. The van der Waals surface area contributed by atoms with Crippen LogP contribution in [0.2, 0.25) is 0 Å². The highest BCUT2D eigenvalue weighted by atomic mass is 16.2. The summed E-state index contributed by atoms with van der Waals surface area (Å²) in [7, 11) is 0. The summed E-state index contributed by atoms with van der Waals surface area (Å²) in [6.45, 7) is 4.61. The van der Waals surface area contributed by atoms with Gasteiger partial charge in [-0.15, -0.1) is 0 Å². The fourth-order valence-electron chi connectivity index (χ4n) is 2.46. The van der Waals surface area contributed by atoms with Gasteiger partial charge in [-0.3, -0.25) is 4.79 Å². The number of amides is 1. The Morgan fingerprint density at radius 1 is 1.33 bits per heavy atom. The molecule has 0 aliphatic heterocycles. The van der Waals surface area contributed by atoms with Crippen molar-refractivity contribution in [2.45, 2.75) is 39.2 Å². The molecule has 2 unspecified atom stereocenters. The van der Waals surface area contributed by atoms with Gasteiger partial charge >= 0.3 is 0 Å². The molecule has 0 saturated carbocycles. The molecule has 1 heterocycles. The second-order valence-electron chi connectivity index (χ2n) is 6.11. The molecule has 0 bridgehead atoms. The quantitative estimate of drug-likeness (QED) is 0.644. The summed E-state index contributed by atoms with van der Waals surface area (Å²) in [5.74, 6) is 0.712. The molecule has 0 spiro atoms. The predicted molar refractivity (Wildman–Crippen MR) is 96.7 cm³/mol. The monoisotopic (exact) mass is 329 g/mol. The molecule has 5 N–H and O–H groups in total. The van der Waals surface area contributed by atoms with Crippen LogP contribution in [0.4, 0.5) is 5.82 Å². The van der Waals surface area contributed by atoms with Gasteiger partial charge in [-0.1, -0.05) is 38.5 Å². The number of carbonyl (C=O) groups excluding carboxylic acids is 1. The molecule has 0 aliphatic rings. The largest absolute Gasteiger partial charge is 0.384 e. The van der Waals surface area contributed by atoms with Gasteiger partial charge < -0.3 is 16.8 Å². The third-order valence-electron chi connectivity index (χ3n) is 4.26. The maximum Gasteiger partial charge on any atom is 0.237 e. The molecule has 1 aromatic heterocycles. The molecule has 130 valence electrons. The number of benzene rings is 1. The van der Waals surface area contributed by atoms with Crippen molar-refractivity contribution in [1.29, 1.82) is 0 Å². The van der Waals surface area contributed by atoms with Gasteiger partial charge in [0.2, 0.25) is 5.91 Å². The minimum Gasteiger partial charge on any atom is -0.384 e. The highest BCUT2D eigenvalue weighted by molar-refractivity contribution is 5.81. The van der Waals surface area contributed by atoms with E-state index in [1.807, 2.05) is 50.2 Å². The van der Waals surface area contributed by atoms with E-state index in [2.05, 4.69) is 10.4 Å². The molecule has 1 amide bonds. The van der Waals surface area contributed by atoms with Crippen LogP contribution < -0.4 is 16.8 Å². The molecule has 6 heteroatoms. The topological polar surface area (TPSA) is 99.0 Å². The number of nitrogens with zero attached hydrogens (tertiary/aromatic N) is 2. The Hall–Kier alpha value is -2.34. The number of aryl methyl sites for hydroxylation is 1. The summed E-state index contributed by atoms with van der Waals surface area (Å²) < 4.78 is 1.73. The second-order valence-corrected chi connectivity index (χ2v) is 6.11. The lowest BCUT2D eigenvalue weighted by Crippen LogP contribution is -2.44. The van der Waals surface area contributed by atoms with Crippen molar-refractivity contribution in [2.75, 3.05) is 12.3 Å². The number of anilines is 1. The van der Waals surface area contributed by atoms with Crippen LogP contribution in [0, 0.1) is 5.92 Å². The second kappa shape index (κ2) is 8.49. The Kier molecular flexibility index (Phi) is 6.37. The minimum atomic E-state index is -0.442. The number of aromatic nitrogens is 2. The van der Waals surface area contributed by atoms with Gasteiger partial charge in [-0.2, -0.15) is 5.10 Å². The van der Waals surface area contributed by atoms with Crippen molar-refractivity contribution >= 4 is 11.7 Å². The Labute approximate surface area is 143 Å².